The number of ether oxygens (including phenoxy) is 1. The van der Waals surface area contributed by atoms with Gasteiger partial charge >= 0.3 is 0 Å². The maximum Gasteiger partial charge on any atom is 0.255 e. The molecule has 162 valence electrons. The van der Waals surface area contributed by atoms with Gasteiger partial charge in [-0.1, -0.05) is 18.2 Å². The van der Waals surface area contributed by atoms with E-state index in [0.717, 1.165) is 4.88 Å². The smallest absolute Gasteiger partial charge is 0.255 e. The summed E-state index contributed by atoms with van der Waals surface area (Å²) in [6, 6.07) is 11.7. The fraction of sp³-hybridized carbons (Fsp3) is 0.125. The summed E-state index contributed by atoms with van der Waals surface area (Å²) in [4.78, 5) is 25.5. The summed E-state index contributed by atoms with van der Waals surface area (Å²) in [6.45, 7) is 1.75. The molecule has 2 heterocycles. The first-order chi connectivity index (χ1) is 15.5. The maximum absolute atomic E-state index is 13.8. The first-order valence-corrected chi connectivity index (χ1v) is 10.7. The summed E-state index contributed by atoms with van der Waals surface area (Å²) in [5.41, 5.74) is 2.34. The van der Waals surface area contributed by atoms with Gasteiger partial charge in [0, 0.05) is 4.88 Å². The second-order valence-electron chi connectivity index (χ2n) is 7.07. The highest BCUT2D eigenvalue weighted by atomic mass is 32.1. The summed E-state index contributed by atoms with van der Waals surface area (Å²) in [5, 5.41) is 12.8. The molecule has 0 saturated carbocycles. The highest BCUT2D eigenvalue weighted by Gasteiger charge is 2.19. The van der Waals surface area contributed by atoms with Gasteiger partial charge in [-0.25, -0.2) is 4.39 Å². The van der Waals surface area contributed by atoms with E-state index in [9.17, 15) is 14.0 Å². The second kappa shape index (κ2) is 9.15. The number of nitrogens with one attached hydrogen (secondary N) is 2. The number of halogens is 1. The standard InChI is InChI=1S/C24H20FN3O3S/c1-14(29)18-12-15(5-8-19(18)25)6-9-20-22-21(28-27-20)10-7-17(23(22)31-2)24(30)26-13-16-4-3-11-32-16/h3-12H,13H2,1-2H3,(H,26,30)(H,27,28). The Hall–Kier alpha value is -3.78. The number of ketones is 1. The zero-order valence-electron chi connectivity index (χ0n) is 17.4. The average molecular weight is 450 g/mol. The van der Waals surface area contributed by atoms with Crippen molar-refractivity contribution in [1.82, 2.24) is 15.5 Å². The summed E-state index contributed by atoms with van der Waals surface area (Å²) in [6.07, 6.45) is 3.45. The van der Waals surface area contributed by atoms with Crippen LogP contribution in [0.1, 0.15) is 43.8 Å². The highest BCUT2D eigenvalue weighted by Crippen LogP contribution is 2.32. The highest BCUT2D eigenvalue weighted by molar-refractivity contribution is 7.09. The molecule has 1 amide bonds. The average Bonchev–Trinajstić information content (AvgIpc) is 3.46. The molecule has 0 atom stereocenters. The molecular weight excluding hydrogens is 429 g/mol. The molecule has 0 saturated heterocycles. The first kappa shape index (κ1) is 21.5. The Kier molecular flexibility index (Phi) is 6.13. The van der Waals surface area contributed by atoms with Crippen LogP contribution in [0.4, 0.5) is 4.39 Å². The summed E-state index contributed by atoms with van der Waals surface area (Å²) >= 11 is 1.57. The minimum Gasteiger partial charge on any atom is -0.495 e. The van der Waals surface area contributed by atoms with Crippen LogP contribution in [0.25, 0.3) is 23.1 Å². The molecule has 0 spiro atoms. The zero-order chi connectivity index (χ0) is 22.7. The van der Waals surface area contributed by atoms with Crippen LogP contribution < -0.4 is 10.1 Å². The van der Waals surface area contributed by atoms with E-state index >= 15 is 0 Å². The van der Waals surface area contributed by atoms with E-state index in [1.165, 1.54) is 26.2 Å². The molecule has 2 N–H and O–H groups in total. The summed E-state index contributed by atoms with van der Waals surface area (Å²) < 4.78 is 19.4. The lowest BCUT2D eigenvalue weighted by atomic mass is 10.0. The van der Waals surface area contributed by atoms with Crippen molar-refractivity contribution in [3.8, 4) is 5.75 Å². The fourth-order valence-electron chi connectivity index (χ4n) is 3.39. The van der Waals surface area contributed by atoms with Gasteiger partial charge in [0.15, 0.2) is 5.78 Å². The van der Waals surface area contributed by atoms with Crippen molar-refractivity contribution in [2.75, 3.05) is 7.11 Å². The van der Waals surface area contributed by atoms with Gasteiger partial charge in [-0.3, -0.25) is 14.7 Å². The molecule has 0 aliphatic carbocycles. The third-order valence-corrected chi connectivity index (χ3v) is 5.84. The van der Waals surface area contributed by atoms with Crippen LogP contribution in [0.5, 0.6) is 5.75 Å². The van der Waals surface area contributed by atoms with Crippen LogP contribution in [0.2, 0.25) is 0 Å². The Labute approximate surface area is 187 Å². The number of aromatic amines is 1. The van der Waals surface area contributed by atoms with E-state index in [1.54, 1.807) is 41.7 Å². The Bertz CT molecular complexity index is 1330. The van der Waals surface area contributed by atoms with E-state index in [2.05, 4.69) is 15.5 Å². The molecular formula is C24H20FN3O3S. The van der Waals surface area contributed by atoms with E-state index in [0.29, 0.717) is 40.0 Å². The molecule has 4 aromatic rings. The van der Waals surface area contributed by atoms with Crippen LogP contribution in [0.15, 0.2) is 47.8 Å². The van der Waals surface area contributed by atoms with Gasteiger partial charge in [0.2, 0.25) is 0 Å². The number of hydrogen-bond acceptors (Lipinski definition) is 5. The van der Waals surface area contributed by atoms with Crippen molar-refractivity contribution in [2.45, 2.75) is 13.5 Å². The van der Waals surface area contributed by atoms with Crippen LogP contribution in [-0.4, -0.2) is 29.0 Å². The van der Waals surface area contributed by atoms with Crippen molar-refractivity contribution in [3.05, 3.63) is 80.9 Å². The van der Waals surface area contributed by atoms with Gasteiger partial charge in [-0.05, 0) is 54.3 Å². The number of nitrogens with zero attached hydrogens (tertiary/aromatic N) is 1. The predicted molar refractivity (Wildman–Crippen MR) is 123 cm³/mol. The van der Waals surface area contributed by atoms with Gasteiger partial charge in [0.05, 0.1) is 41.4 Å². The van der Waals surface area contributed by atoms with Crippen molar-refractivity contribution < 1.29 is 18.7 Å². The molecule has 0 fully saturated rings. The molecule has 2 aromatic heterocycles. The molecule has 2 aromatic carbocycles. The van der Waals surface area contributed by atoms with Gasteiger partial charge in [-0.15, -0.1) is 11.3 Å². The topological polar surface area (TPSA) is 84.1 Å². The Morgan fingerprint density at radius 1 is 1.19 bits per heavy atom. The number of fused-ring (bicyclic) bond motifs is 1. The molecule has 32 heavy (non-hydrogen) atoms. The SMILES string of the molecule is COc1c(C(=O)NCc2cccs2)ccc2[nH]nc(C=Cc3ccc(F)c(C(C)=O)c3)c12. The third kappa shape index (κ3) is 4.31. The normalized spacial score (nSPS) is 11.2. The molecule has 4 rings (SSSR count). The molecule has 0 bridgehead atoms. The monoisotopic (exact) mass is 449 g/mol. The van der Waals surface area contributed by atoms with E-state index in [-0.39, 0.29) is 17.3 Å². The molecule has 0 unspecified atom stereocenters. The second-order valence-corrected chi connectivity index (χ2v) is 8.10. The number of rotatable bonds is 7. The predicted octanol–water partition coefficient (Wildman–Crippen LogP) is 5.08. The van der Waals surface area contributed by atoms with E-state index < -0.39 is 5.82 Å². The molecule has 0 radical (unpaired) electrons. The summed E-state index contributed by atoms with van der Waals surface area (Å²) in [5.74, 6) is -0.747. The fourth-order valence-corrected chi connectivity index (χ4v) is 4.03. The Morgan fingerprint density at radius 3 is 2.75 bits per heavy atom. The third-order valence-electron chi connectivity index (χ3n) is 4.97. The van der Waals surface area contributed by atoms with E-state index in [1.807, 2.05) is 17.5 Å². The number of amides is 1. The minimum absolute atomic E-state index is 0.0290. The molecule has 0 aliphatic rings. The lowest BCUT2D eigenvalue weighted by Crippen LogP contribution is -2.22. The number of aromatic nitrogens is 2. The van der Waals surface area contributed by atoms with E-state index in [4.69, 9.17) is 4.74 Å². The summed E-state index contributed by atoms with van der Waals surface area (Å²) in [7, 11) is 1.50. The van der Waals surface area contributed by atoms with Crippen LogP contribution in [0.3, 0.4) is 0 Å². The van der Waals surface area contributed by atoms with Gasteiger partial charge in [0.25, 0.3) is 5.91 Å². The molecule has 0 aliphatic heterocycles. The number of hydrogen-bond donors (Lipinski definition) is 2. The minimum atomic E-state index is -0.556. The number of methoxy groups -OCH3 is 1. The van der Waals surface area contributed by atoms with Crippen LogP contribution in [0, 0.1) is 5.82 Å². The largest absolute Gasteiger partial charge is 0.495 e. The number of benzene rings is 2. The number of thiophene rings is 1. The lowest BCUT2D eigenvalue weighted by Gasteiger charge is -2.10. The first-order valence-electron chi connectivity index (χ1n) is 9.82. The van der Waals surface area contributed by atoms with Crippen LogP contribution >= 0.6 is 11.3 Å². The number of carbonyl (C=O) groups excluding carboxylic acids is 2. The molecule has 8 heteroatoms. The van der Waals surface area contributed by atoms with Crippen molar-refractivity contribution in [2.24, 2.45) is 0 Å². The van der Waals surface area contributed by atoms with Gasteiger partial charge in [0.1, 0.15) is 11.6 Å². The van der Waals surface area contributed by atoms with Gasteiger partial charge in [-0.2, -0.15) is 5.10 Å². The number of H-pyrrole nitrogens is 1. The van der Waals surface area contributed by atoms with Crippen LogP contribution in [-0.2, 0) is 6.54 Å². The Balaban J connectivity index is 1.66. The quantitative estimate of drug-likeness (QED) is 0.386. The Morgan fingerprint density at radius 2 is 2.03 bits per heavy atom. The maximum atomic E-state index is 13.8. The lowest BCUT2D eigenvalue weighted by molar-refractivity contribution is 0.0947. The zero-order valence-corrected chi connectivity index (χ0v) is 18.3. The van der Waals surface area contributed by atoms with Crippen molar-refractivity contribution in [1.29, 1.82) is 0 Å². The number of carbonyl (C=O) groups is 2. The molecule has 6 nitrogen and oxygen atoms in total. The number of Topliss-reactive ketones (excluding diaryl/α,β-unsaturated/α-hetero) is 1. The van der Waals surface area contributed by atoms with Crippen molar-refractivity contribution >= 4 is 46.1 Å². The van der Waals surface area contributed by atoms with Crippen molar-refractivity contribution in [3.63, 3.8) is 0 Å². The van der Waals surface area contributed by atoms with Gasteiger partial charge < -0.3 is 10.1 Å².